The number of aromatic nitrogens is 2. The molecule has 2 aromatic rings. The number of hydrogen-bond acceptors (Lipinski definition) is 5. The highest BCUT2D eigenvalue weighted by Crippen LogP contribution is 2.18. The second kappa shape index (κ2) is 7.88. The monoisotopic (exact) mass is 337 g/mol. The lowest BCUT2D eigenvalue weighted by Crippen LogP contribution is -2.31. The van der Waals surface area contributed by atoms with E-state index in [1.807, 2.05) is 18.2 Å². The van der Waals surface area contributed by atoms with Crippen molar-refractivity contribution < 1.29 is 0 Å². The van der Waals surface area contributed by atoms with Crippen LogP contribution in [0.1, 0.15) is 24.2 Å². The molecule has 3 rings (SSSR count). The van der Waals surface area contributed by atoms with Crippen LogP contribution < -0.4 is 0 Å². The number of H-pyrrole nitrogens is 1. The predicted octanol–water partition coefficient (Wildman–Crippen LogP) is 3.70. The average molecular weight is 337 g/mol. The number of likely N-dealkylation sites (tertiary alicyclic amines) is 1. The molecule has 1 aliphatic heterocycles. The standard InChI is InChI=1S/C19H23N5O/c1-14-5-6-17-18(12-14)22-19(21-17)15(13-20-2)4-3-9-24-10-7-16(23-25)8-11-24/h3-6,9,12-13,16H,7-8,10-11H2,1-2H3,(H,21,22)/b9-3+,15-4+,20-13?. The zero-order chi connectivity index (χ0) is 17.6. The zero-order valence-electron chi connectivity index (χ0n) is 14.6. The van der Waals surface area contributed by atoms with Crippen LogP contribution in [0.5, 0.6) is 0 Å². The van der Waals surface area contributed by atoms with Gasteiger partial charge in [-0.05, 0) is 55.8 Å². The van der Waals surface area contributed by atoms with Crippen LogP contribution in [0.25, 0.3) is 16.6 Å². The summed E-state index contributed by atoms with van der Waals surface area (Å²) in [5, 5.41) is 3.14. The molecule has 1 saturated heterocycles. The van der Waals surface area contributed by atoms with Crippen molar-refractivity contribution >= 4 is 22.8 Å². The van der Waals surface area contributed by atoms with Crippen molar-refractivity contribution in [2.24, 2.45) is 10.2 Å². The van der Waals surface area contributed by atoms with E-state index < -0.39 is 0 Å². The average Bonchev–Trinajstić information content (AvgIpc) is 3.04. The van der Waals surface area contributed by atoms with Crippen LogP contribution in [0.4, 0.5) is 0 Å². The van der Waals surface area contributed by atoms with Gasteiger partial charge in [-0.1, -0.05) is 11.2 Å². The third-order valence-corrected chi connectivity index (χ3v) is 4.40. The summed E-state index contributed by atoms with van der Waals surface area (Å²) in [5.74, 6) is 0.805. The summed E-state index contributed by atoms with van der Waals surface area (Å²) in [4.78, 5) is 24.9. The van der Waals surface area contributed by atoms with E-state index in [-0.39, 0.29) is 6.04 Å². The maximum Gasteiger partial charge on any atom is 0.140 e. The Bertz CT molecular complexity index is 825. The quantitative estimate of drug-likeness (QED) is 0.513. The van der Waals surface area contributed by atoms with Crippen LogP contribution in [0.2, 0.25) is 0 Å². The molecule has 0 radical (unpaired) electrons. The van der Waals surface area contributed by atoms with Gasteiger partial charge in [-0.2, -0.15) is 4.91 Å². The molecule has 6 heteroatoms. The maximum atomic E-state index is 10.6. The minimum absolute atomic E-state index is 0.0259. The first kappa shape index (κ1) is 17.1. The number of imidazole rings is 1. The molecule has 1 aliphatic rings. The molecule has 0 spiro atoms. The summed E-state index contributed by atoms with van der Waals surface area (Å²) in [6.07, 6.45) is 9.51. The second-order valence-corrected chi connectivity index (χ2v) is 6.33. The number of benzene rings is 1. The first-order valence-electron chi connectivity index (χ1n) is 8.53. The van der Waals surface area contributed by atoms with Gasteiger partial charge in [0.05, 0.1) is 17.1 Å². The first-order chi connectivity index (χ1) is 12.2. The third kappa shape index (κ3) is 4.21. The van der Waals surface area contributed by atoms with Crippen molar-refractivity contribution in [2.45, 2.75) is 25.8 Å². The van der Waals surface area contributed by atoms with Gasteiger partial charge < -0.3 is 9.88 Å². The van der Waals surface area contributed by atoms with Crippen LogP contribution in [0.3, 0.4) is 0 Å². The van der Waals surface area contributed by atoms with Crippen molar-refractivity contribution in [1.29, 1.82) is 0 Å². The SMILES string of the molecule is CN=C/C(=C\C=C\N1CCC(N=O)CC1)c1nc2ccc(C)cc2[nH]1. The van der Waals surface area contributed by atoms with Crippen molar-refractivity contribution in [1.82, 2.24) is 14.9 Å². The molecule has 25 heavy (non-hydrogen) atoms. The van der Waals surface area contributed by atoms with Crippen LogP contribution in [0.15, 0.2) is 46.7 Å². The minimum atomic E-state index is -0.0259. The lowest BCUT2D eigenvalue weighted by Gasteiger charge is -2.27. The zero-order valence-corrected chi connectivity index (χ0v) is 14.6. The van der Waals surface area contributed by atoms with E-state index in [1.54, 1.807) is 13.3 Å². The van der Waals surface area contributed by atoms with E-state index in [2.05, 4.69) is 50.3 Å². The van der Waals surface area contributed by atoms with Crippen LogP contribution in [0, 0.1) is 11.8 Å². The van der Waals surface area contributed by atoms with Gasteiger partial charge in [-0.3, -0.25) is 4.99 Å². The molecular weight excluding hydrogens is 314 g/mol. The molecule has 130 valence electrons. The van der Waals surface area contributed by atoms with Crippen molar-refractivity contribution in [3.63, 3.8) is 0 Å². The first-order valence-corrected chi connectivity index (χ1v) is 8.53. The molecule has 0 amide bonds. The number of fused-ring (bicyclic) bond motifs is 1. The van der Waals surface area contributed by atoms with Gasteiger partial charge in [-0.15, -0.1) is 0 Å². The Hall–Kier alpha value is -2.76. The highest BCUT2D eigenvalue weighted by molar-refractivity contribution is 6.09. The van der Waals surface area contributed by atoms with Crippen LogP contribution in [-0.2, 0) is 0 Å². The maximum absolute atomic E-state index is 10.6. The van der Waals surface area contributed by atoms with Gasteiger partial charge in [0.15, 0.2) is 0 Å². The Morgan fingerprint density at radius 2 is 2.16 bits per heavy atom. The second-order valence-electron chi connectivity index (χ2n) is 6.33. The van der Waals surface area contributed by atoms with Crippen molar-refractivity contribution in [3.8, 4) is 0 Å². The van der Waals surface area contributed by atoms with Crippen molar-refractivity contribution in [2.75, 3.05) is 20.1 Å². The Kier molecular flexibility index (Phi) is 5.38. The van der Waals surface area contributed by atoms with E-state index in [4.69, 9.17) is 0 Å². The predicted molar refractivity (Wildman–Crippen MR) is 103 cm³/mol. The molecule has 2 heterocycles. The van der Waals surface area contributed by atoms with Gasteiger partial charge in [-0.25, -0.2) is 4.98 Å². The lowest BCUT2D eigenvalue weighted by molar-refractivity contribution is 0.285. The molecule has 0 atom stereocenters. The molecule has 0 unspecified atom stereocenters. The fourth-order valence-electron chi connectivity index (χ4n) is 2.99. The molecule has 6 nitrogen and oxygen atoms in total. The topological polar surface area (TPSA) is 73.7 Å². The molecular formula is C19H23N5O. The summed E-state index contributed by atoms with van der Waals surface area (Å²) < 4.78 is 0. The summed E-state index contributed by atoms with van der Waals surface area (Å²) in [6, 6.07) is 6.14. The van der Waals surface area contributed by atoms with Gasteiger partial charge >= 0.3 is 0 Å². The van der Waals surface area contributed by atoms with E-state index in [0.29, 0.717) is 0 Å². The Morgan fingerprint density at radius 1 is 1.36 bits per heavy atom. The van der Waals surface area contributed by atoms with Gasteiger partial charge in [0.25, 0.3) is 0 Å². The Morgan fingerprint density at radius 3 is 2.88 bits per heavy atom. The van der Waals surface area contributed by atoms with E-state index >= 15 is 0 Å². The summed E-state index contributed by atoms with van der Waals surface area (Å²) in [7, 11) is 1.75. The highest BCUT2D eigenvalue weighted by atomic mass is 16.3. The number of aromatic amines is 1. The number of aryl methyl sites for hydroxylation is 1. The number of piperidine rings is 1. The number of nitroso groups, excluding NO2 is 1. The third-order valence-electron chi connectivity index (χ3n) is 4.40. The number of nitrogens with one attached hydrogen (secondary N) is 1. The molecule has 0 saturated carbocycles. The summed E-state index contributed by atoms with van der Waals surface area (Å²) in [6.45, 7) is 3.79. The molecule has 0 bridgehead atoms. The van der Waals surface area contributed by atoms with Gasteiger partial charge in [0, 0.05) is 31.9 Å². The van der Waals surface area contributed by atoms with Crippen molar-refractivity contribution in [3.05, 3.63) is 52.8 Å². The normalized spacial score (nSPS) is 17.2. The number of hydrogen-bond donors (Lipinski definition) is 1. The number of nitrogens with zero attached hydrogens (tertiary/aromatic N) is 4. The number of rotatable bonds is 5. The smallest absolute Gasteiger partial charge is 0.140 e. The minimum Gasteiger partial charge on any atom is -0.377 e. The molecule has 1 N–H and O–H groups in total. The van der Waals surface area contributed by atoms with E-state index in [0.717, 1.165) is 48.4 Å². The highest BCUT2D eigenvalue weighted by Gasteiger charge is 2.16. The number of allylic oxidation sites excluding steroid dienone is 3. The van der Waals surface area contributed by atoms with Gasteiger partial charge in [0.1, 0.15) is 5.82 Å². The Balaban J connectivity index is 1.76. The van der Waals surface area contributed by atoms with E-state index in [1.165, 1.54) is 5.56 Å². The molecule has 1 aromatic heterocycles. The Labute approximate surface area is 147 Å². The largest absolute Gasteiger partial charge is 0.377 e. The lowest BCUT2D eigenvalue weighted by atomic mass is 10.1. The van der Waals surface area contributed by atoms with E-state index in [9.17, 15) is 4.91 Å². The summed E-state index contributed by atoms with van der Waals surface area (Å²) in [5.41, 5.74) is 4.10. The van der Waals surface area contributed by atoms with Gasteiger partial charge in [0.2, 0.25) is 0 Å². The van der Waals surface area contributed by atoms with Crippen LogP contribution in [-0.4, -0.2) is 47.3 Å². The molecule has 0 aliphatic carbocycles. The fraction of sp³-hybridized carbons (Fsp3) is 0.368. The molecule has 1 aromatic carbocycles. The molecule has 1 fully saturated rings. The number of aliphatic imine (C=N–C) groups is 1. The fourth-order valence-corrected chi connectivity index (χ4v) is 2.99. The summed E-state index contributed by atoms with van der Waals surface area (Å²) >= 11 is 0. The van der Waals surface area contributed by atoms with Crippen LogP contribution >= 0.6 is 0 Å².